The maximum atomic E-state index is 3.55. The van der Waals surface area contributed by atoms with Crippen LogP contribution in [0.25, 0.3) is 10.9 Å². The predicted molar refractivity (Wildman–Crippen MR) is 75.4 cm³/mol. The van der Waals surface area contributed by atoms with Crippen LogP contribution in [0, 0.1) is 0 Å². The zero-order chi connectivity index (χ0) is 11.8. The molecule has 2 nitrogen and oxygen atoms in total. The Labute approximate surface area is 110 Å². The zero-order valence-electron chi connectivity index (χ0n) is 10.0. The number of hydrogen-bond acceptors (Lipinski definition) is 1. The number of halogens is 1. The molecule has 3 rings (SSSR count). The molecule has 2 heterocycles. The second-order valence-electron chi connectivity index (χ2n) is 4.98. The van der Waals surface area contributed by atoms with Crippen LogP contribution in [0.2, 0.25) is 0 Å². The Morgan fingerprint density at radius 3 is 3.12 bits per heavy atom. The second-order valence-corrected chi connectivity index (χ2v) is 5.90. The van der Waals surface area contributed by atoms with Gasteiger partial charge in [0, 0.05) is 27.6 Å². The van der Waals surface area contributed by atoms with Crippen LogP contribution in [-0.2, 0) is 6.42 Å². The van der Waals surface area contributed by atoms with Crippen molar-refractivity contribution in [3.05, 3.63) is 34.4 Å². The number of likely N-dealkylation sites (N-methyl/N-ethyl adjacent to an activating group) is 1. The van der Waals surface area contributed by atoms with Gasteiger partial charge in [0.25, 0.3) is 0 Å². The van der Waals surface area contributed by atoms with E-state index in [9.17, 15) is 0 Å². The largest absolute Gasteiger partial charge is 0.361 e. The average Bonchev–Trinajstić information content (AvgIpc) is 2.88. The maximum Gasteiger partial charge on any atom is 0.0457 e. The number of aromatic amines is 1. The van der Waals surface area contributed by atoms with E-state index in [1.807, 2.05) is 0 Å². The summed E-state index contributed by atoms with van der Waals surface area (Å²) < 4.78 is 1.16. The third kappa shape index (κ3) is 2.14. The Kier molecular flexibility index (Phi) is 2.97. The molecular weight excluding hydrogens is 276 g/mol. The van der Waals surface area contributed by atoms with E-state index < -0.39 is 0 Å². The topological polar surface area (TPSA) is 19.0 Å². The highest BCUT2D eigenvalue weighted by atomic mass is 79.9. The lowest BCUT2D eigenvalue weighted by atomic mass is 10.0. The molecule has 1 aliphatic heterocycles. The fourth-order valence-corrected chi connectivity index (χ4v) is 3.17. The zero-order valence-corrected chi connectivity index (χ0v) is 11.6. The Hall–Kier alpha value is -0.800. The molecule has 0 bridgehead atoms. The van der Waals surface area contributed by atoms with Crippen LogP contribution in [0.1, 0.15) is 18.4 Å². The number of likely N-dealkylation sites (tertiary alicyclic amines) is 1. The van der Waals surface area contributed by atoms with E-state index in [0.717, 1.165) is 10.9 Å². The maximum absolute atomic E-state index is 3.55. The summed E-state index contributed by atoms with van der Waals surface area (Å²) in [6.45, 7) is 1.25. The molecule has 1 fully saturated rings. The van der Waals surface area contributed by atoms with Gasteiger partial charge in [-0.15, -0.1) is 0 Å². The molecule has 1 atom stereocenters. The molecule has 0 radical (unpaired) electrons. The van der Waals surface area contributed by atoms with Crippen molar-refractivity contribution >= 4 is 26.8 Å². The number of benzene rings is 1. The van der Waals surface area contributed by atoms with Gasteiger partial charge in [-0.2, -0.15) is 0 Å². The molecular formula is C14H17BrN2. The molecule has 0 aliphatic carbocycles. The smallest absolute Gasteiger partial charge is 0.0457 e. The van der Waals surface area contributed by atoms with Gasteiger partial charge in [-0.1, -0.05) is 15.9 Å². The minimum Gasteiger partial charge on any atom is -0.361 e. The number of fused-ring (bicyclic) bond motifs is 1. The highest BCUT2D eigenvalue weighted by Gasteiger charge is 2.21. The quantitative estimate of drug-likeness (QED) is 0.897. The molecule has 0 amide bonds. The molecule has 1 aromatic carbocycles. The first kappa shape index (κ1) is 11.3. The van der Waals surface area contributed by atoms with Crippen LogP contribution in [0.5, 0.6) is 0 Å². The molecule has 0 spiro atoms. The Bertz CT molecular complexity index is 532. The van der Waals surface area contributed by atoms with Crippen molar-refractivity contribution < 1.29 is 0 Å². The number of rotatable bonds is 2. The number of H-pyrrole nitrogens is 1. The molecule has 1 unspecified atom stereocenters. The lowest BCUT2D eigenvalue weighted by Gasteiger charge is -2.18. The van der Waals surface area contributed by atoms with Gasteiger partial charge in [0.15, 0.2) is 0 Å². The van der Waals surface area contributed by atoms with Crippen molar-refractivity contribution in [2.24, 2.45) is 0 Å². The van der Waals surface area contributed by atoms with E-state index in [1.165, 1.54) is 35.9 Å². The van der Waals surface area contributed by atoms with E-state index >= 15 is 0 Å². The van der Waals surface area contributed by atoms with E-state index in [1.54, 1.807) is 0 Å². The number of nitrogens with zero attached hydrogens (tertiary/aromatic N) is 1. The molecule has 1 aromatic heterocycles. The summed E-state index contributed by atoms with van der Waals surface area (Å²) >= 11 is 3.55. The van der Waals surface area contributed by atoms with Gasteiger partial charge in [-0.25, -0.2) is 0 Å². The van der Waals surface area contributed by atoms with E-state index in [2.05, 4.69) is 57.3 Å². The number of aromatic nitrogens is 1. The third-order valence-electron chi connectivity index (χ3n) is 3.86. The van der Waals surface area contributed by atoms with Crippen LogP contribution < -0.4 is 0 Å². The first-order chi connectivity index (χ1) is 8.24. The molecule has 1 saturated heterocycles. The first-order valence-corrected chi connectivity index (χ1v) is 6.99. The highest BCUT2D eigenvalue weighted by molar-refractivity contribution is 9.10. The van der Waals surface area contributed by atoms with Crippen LogP contribution in [0.15, 0.2) is 28.9 Å². The Balaban J connectivity index is 1.92. The van der Waals surface area contributed by atoms with Gasteiger partial charge in [0.05, 0.1) is 0 Å². The molecule has 90 valence electrons. The normalized spacial score (nSPS) is 21.4. The lowest BCUT2D eigenvalue weighted by molar-refractivity contribution is 0.310. The minimum absolute atomic E-state index is 0.716. The summed E-state index contributed by atoms with van der Waals surface area (Å²) in [7, 11) is 2.24. The molecule has 17 heavy (non-hydrogen) atoms. The van der Waals surface area contributed by atoms with E-state index in [4.69, 9.17) is 0 Å². The minimum atomic E-state index is 0.716. The standard InChI is InChI=1S/C14H17BrN2/c1-17-6-2-3-12(17)7-10-9-16-14-5-4-11(15)8-13(10)14/h4-5,8-9,12,16H,2-3,6-7H2,1H3. The summed E-state index contributed by atoms with van der Waals surface area (Å²) in [5, 5.41) is 1.36. The Morgan fingerprint density at radius 2 is 2.35 bits per heavy atom. The second kappa shape index (κ2) is 4.46. The first-order valence-electron chi connectivity index (χ1n) is 6.20. The van der Waals surface area contributed by atoms with Crippen LogP contribution in [-0.4, -0.2) is 29.5 Å². The summed E-state index contributed by atoms with van der Waals surface area (Å²) in [6.07, 6.45) is 6.00. The van der Waals surface area contributed by atoms with Crippen LogP contribution >= 0.6 is 15.9 Å². The van der Waals surface area contributed by atoms with Crippen molar-refractivity contribution in [3.8, 4) is 0 Å². The summed E-state index contributed by atoms with van der Waals surface area (Å²) in [5.74, 6) is 0. The summed E-state index contributed by atoms with van der Waals surface area (Å²) in [6, 6.07) is 7.16. The number of hydrogen-bond donors (Lipinski definition) is 1. The molecule has 1 N–H and O–H groups in total. The van der Waals surface area contributed by atoms with Gasteiger partial charge in [-0.05, 0) is 56.6 Å². The van der Waals surface area contributed by atoms with Gasteiger partial charge >= 0.3 is 0 Å². The van der Waals surface area contributed by atoms with Gasteiger partial charge in [0.1, 0.15) is 0 Å². The fourth-order valence-electron chi connectivity index (χ4n) is 2.81. The van der Waals surface area contributed by atoms with Crippen molar-refractivity contribution in [2.75, 3.05) is 13.6 Å². The van der Waals surface area contributed by atoms with Gasteiger partial charge < -0.3 is 9.88 Å². The highest BCUT2D eigenvalue weighted by Crippen LogP contribution is 2.26. The van der Waals surface area contributed by atoms with Gasteiger partial charge in [0.2, 0.25) is 0 Å². The molecule has 2 aromatic rings. The SMILES string of the molecule is CN1CCCC1Cc1c[nH]c2ccc(Br)cc12. The van der Waals surface area contributed by atoms with E-state index in [0.29, 0.717) is 6.04 Å². The van der Waals surface area contributed by atoms with Crippen molar-refractivity contribution in [2.45, 2.75) is 25.3 Å². The predicted octanol–water partition coefficient (Wildman–Crippen LogP) is 3.57. The summed E-state index contributed by atoms with van der Waals surface area (Å²) in [4.78, 5) is 5.85. The van der Waals surface area contributed by atoms with Crippen LogP contribution in [0.4, 0.5) is 0 Å². The van der Waals surface area contributed by atoms with E-state index in [-0.39, 0.29) is 0 Å². The monoisotopic (exact) mass is 292 g/mol. The Morgan fingerprint density at radius 1 is 1.47 bits per heavy atom. The fraction of sp³-hybridized carbons (Fsp3) is 0.429. The summed E-state index contributed by atoms with van der Waals surface area (Å²) in [5.41, 5.74) is 2.68. The van der Waals surface area contributed by atoms with Crippen molar-refractivity contribution in [1.82, 2.24) is 9.88 Å². The number of nitrogens with one attached hydrogen (secondary N) is 1. The van der Waals surface area contributed by atoms with Gasteiger partial charge in [-0.3, -0.25) is 0 Å². The molecule has 0 saturated carbocycles. The lowest BCUT2D eigenvalue weighted by Crippen LogP contribution is -2.26. The van der Waals surface area contributed by atoms with Crippen molar-refractivity contribution in [3.63, 3.8) is 0 Å². The third-order valence-corrected chi connectivity index (χ3v) is 4.35. The molecule has 3 heteroatoms. The van der Waals surface area contributed by atoms with Crippen LogP contribution in [0.3, 0.4) is 0 Å². The van der Waals surface area contributed by atoms with Crippen molar-refractivity contribution in [1.29, 1.82) is 0 Å². The molecule has 1 aliphatic rings. The average molecular weight is 293 g/mol.